The van der Waals surface area contributed by atoms with Crippen molar-refractivity contribution in [3.05, 3.63) is 22.2 Å². The zero-order valence-corrected chi connectivity index (χ0v) is 15.8. The molecule has 0 aliphatic heterocycles. The topological polar surface area (TPSA) is 64.1 Å². The summed E-state index contributed by atoms with van der Waals surface area (Å²) in [4.78, 5) is 21.1. The van der Waals surface area contributed by atoms with Crippen molar-refractivity contribution in [2.75, 3.05) is 13.7 Å². The summed E-state index contributed by atoms with van der Waals surface area (Å²) >= 11 is 3.35. The molecule has 0 aliphatic carbocycles. The largest absolute Gasteiger partial charge is 0.383 e. The van der Waals surface area contributed by atoms with E-state index in [1.165, 1.54) is 0 Å². The van der Waals surface area contributed by atoms with Crippen LogP contribution in [0.1, 0.15) is 63.3 Å². The number of hydrogen-bond donors (Lipinski definition) is 1. The van der Waals surface area contributed by atoms with Gasteiger partial charge in [-0.3, -0.25) is 4.79 Å². The van der Waals surface area contributed by atoms with Crippen LogP contribution in [0.15, 0.2) is 10.7 Å². The lowest BCUT2D eigenvalue weighted by molar-refractivity contribution is 0.0861. The van der Waals surface area contributed by atoms with Gasteiger partial charge in [-0.15, -0.1) is 0 Å². The van der Waals surface area contributed by atoms with Gasteiger partial charge in [0.1, 0.15) is 11.5 Å². The van der Waals surface area contributed by atoms with E-state index in [-0.39, 0.29) is 23.3 Å². The van der Waals surface area contributed by atoms with Gasteiger partial charge >= 0.3 is 0 Å². The third-order valence-corrected chi connectivity index (χ3v) is 3.64. The second-order valence-electron chi connectivity index (χ2n) is 6.97. The third-order valence-electron chi connectivity index (χ3n) is 3.06. The van der Waals surface area contributed by atoms with Crippen molar-refractivity contribution in [1.82, 2.24) is 15.3 Å². The Hall–Kier alpha value is -1.01. The van der Waals surface area contributed by atoms with Gasteiger partial charge in [-0.2, -0.15) is 0 Å². The number of carbonyl (C=O) groups excluding carboxylic acids is 1. The second-order valence-corrected chi connectivity index (χ2v) is 7.82. The number of aromatic nitrogens is 2. The smallest absolute Gasteiger partial charge is 0.271 e. The van der Waals surface area contributed by atoms with Crippen LogP contribution in [0.2, 0.25) is 0 Å². The molecule has 22 heavy (non-hydrogen) atoms. The van der Waals surface area contributed by atoms with Crippen molar-refractivity contribution in [3.63, 3.8) is 0 Å². The first kappa shape index (κ1) is 19.0. The molecule has 124 valence electrons. The molecule has 1 unspecified atom stereocenters. The van der Waals surface area contributed by atoms with Crippen molar-refractivity contribution < 1.29 is 9.53 Å². The predicted octanol–water partition coefficient (Wildman–Crippen LogP) is 3.54. The van der Waals surface area contributed by atoms with Gasteiger partial charge in [-0.05, 0) is 27.8 Å². The van der Waals surface area contributed by atoms with E-state index in [0.717, 1.165) is 6.42 Å². The molecule has 1 amide bonds. The highest BCUT2D eigenvalue weighted by Crippen LogP contribution is 2.22. The number of ether oxygens (including phenoxy) is 1. The van der Waals surface area contributed by atoms with Crippen molar-refractivity contribution in [2.24, 2.45) is 5.41 Å². The number of hydrogen-bond acceptors (Lipinski definition) is 4. The molecule has 0 saturated carbocycles. The number of nitrogens with one attached hydrogen (secondary N) is 1. The molecule has 0 aromatic carbocycles. The molecule has 6 heteroatoms. The number of halogens is 1. The molecule has 5 nitrogen and oxygen atoms in total. The Morgan fingerprint density at radius 3 is 2.55 bits per heavy atom. The third kappa shape index (κ3) is 6.01. The molecular formula is C16H26BrN3O2. The van der Waals surface area contributed by atoms with Gasteiger partial charge in [0.05, 0.1) is 17.1 Å². The summed E-state index contributed by atoms with van der Waals surface area (Å²) < 4.78 is 5.82. The number of carbonyl (C=O) groups is 1. The summed E-state index contributed by atoms with van der Waals surface area (Å²) in [7, 11) is 1.64. The number of rotatable bonds is 6. The maximum Gasteiger partial charge on any atom is 0.271 e. The van der Waals surface area contributed by atoms with Gasteiger partial charge in [0.25, 0.3) is 5.91 Å². The van der Waals surface area contributed by atoms with E-state index in [1.54, 1.807) is 13.3 Å². The van der Waals surface area contributed by atoms with Crippen molar-refractivity contribution >= 4 is 21.8 Å². The molecule has 1 heterocycles. The van der Waals surface area contributed by atoms with Gasteiger partial charge < -0.3 is 10.1 Å². The van der Waals surface area contributed by atoms with Crippen LogP contribution < -0.4 is 5.32 Å². The van der Waals surface area contributed by atoms with E-state index in [0.29, 0.717) is 22.6 Å². The fourth-order valence-electron chi connectivity index (χ4n) is 2.16. The minimum absolute atomic E-state index is 0.0538. The Morgan fingerprint density at radius 2 is 2.05 bits per heavy atom. The summed E-state index contributed by atoms with van der Waals surface area (Å²) in [5.41, 5.74) is 0.469. The monoisotopic (exact) mass is 371 g/mol. The van der Waals surface area contributed by atoms with Crippen LogP contribution in [0.5, 0.6) is 0 Å². The van der Waals surface area contributed by atoms with Crippen LogP contribution in [0.3, 0.4) is 0 Å². The average molecular weight is 372 g/mol. The first-order chi connectivity index (χ1) is 10.1. The van der Waals surface area contributed by atoms with E-state index in [1.807, 2.05) is 13.8 Å². The average Bonchev–Trinajstić information content (AvgIpc) is 2.37. The second kappa shape index (κ2) is 8.02. The first-order valence-corrected chi connectivity index (χ1v) is 8.25. The Balaban J connectivity index is 2.92. The molecule has 0 spiro atoms. The SMILES string of the molecule is COCC(CC(C)(C)C)NC(=O)c1nc(C(C)C)ncc1Br. The Bertz CT molecular complexity index is 513. The summed E-state index contributed by atoms with van der Waals surface area (Å²) in [6, 6.07) is -0.0538. The molecule has 1 atom stereocenters. The molecule has 0 saturated heterocycles. The molecule has 0 radical (unpaired) electrons. The zero-order valence-electron chi connectivity index (χ0n) is 14.2. The summed E-state index contributed by atoms with van der Waals surface area (Å²) in [6.07, 6.45) is 2.46. The molecule has 0 fully saturated rings. The molecule has 1 aromatic heterocycles. The Labute approximate surface area is 141 Å². The zero-order chi connectivity index (χ0) is 16.9. The van der Waals surface area contributed by atoms with Gasteiger partial charge in [0, 0.05) is 19.2 Å². The van der Waals surface area contributed by atoms with E-state index in [2.05, 4.69) is 52.0 Å². The van der Waals surface area contributed by atoms with Crippen LogP contribution in [0.4, 0.5) is 0 Å². The molecule has 0 aliphatic rings. The fraction of sp³-hybridized carbons (Fsp3) is 0.688. The van der Waals surface area contributed by atoms with Crippen LogP contribution in [0.25, 0.3) is 0 Å². The Morgan fingerprint density at radius 1 is 1.41 bits per heavy atom. The summed E-state index contributed by atoms with van der Waals surface area (Å²) in [5.74, 6) is 0.624. The normalized spacial score (nSPS) is 13.3. The predicted molar refractivity (Wildman–Crippen MR) is 91.0 cm³/mol. The molecule has 1 N–H and O–H groups in total. The van der Waals surface area contributed by atoms with Gasteiger partial charge in [0.2, 0.25) is 0 Å². The highest BCUT2D eigenvalue weighted by molar-refractivity contribution is 9.10. The fourth-order valence-corrected chi connectivity index (χ4v) is 2.54. The molecule has 0 bridgehead atoms. The maximum absolute atomic E-state index is 12.5. The lowest BCUT2D eigenvalue weighted by Crippen LogP contribution is -2.41. The van der Waals surface area contributed by atoms with E-state index in [9.17, 15) is 4.79 Å². The minimum atomic E-state index is -0.206. The minimum Gasteiger partial charge on any atom is -0.383 e. The number of amides is 1. The lowest BCUT2D eigenvalue weighted by Gasteiger charge is -2.26. The summed E-state index contributed by atoms with van der Waals surface area (Å²) in [5, 5.41) is 3.01. The van der Waals surface area contributed by atoms with Crippen LogP contribution in [-0.4, -0.2) is 35.6 Å². The van der Waals surface area contributed by atoms with Crippen molar-refractivity contribution in [2.45, 2.75) is 53.0 Å². The van der Waals surface area contributed by atoms with Crippen molar-refractivity contribution in [3.8, 4) is 0 Å². The summed E-state index contributed by atoms with van der Waals surface area (Å²) in [6.45, 7) is 10.9. The molecule has 1 rings (SSSR count). The van der Waals surface area contributed by atoms with E-state index in [4.69, 9.17) is 4.74 Å². The van der Waals surface area contributed by atoms with Gasteiger partial charge in [-0.25, -0.2) is 9.97 Å². The van der Waals surface area contributed by atoms with Crippen LogP contribution in [0, 0.1) is 5.41 Å². The molecular weight excluding hydrogens is 346 g/mol. The van der Waals surface area contributed by atoms with Gasteiger partial charge in [-0.1, -0.05) is 34.6 Å². The first-order valence-electron chi connectivity index (χ1n) is 7.46. The van der Waals surface area contributed by atoms with Gasteiger partial charge in [0.15, 0.2) is 0 Å². The number of methoxy groups -OCH3 is 1. The van der Waals surface area contributed by atoms with E-state index < -0.39 is 0 Å². The quantitative estimate of drug-likeness (QED) is 0.830. The van der Waals surface area contributed by atoms with Crippen LogP contribution in [-0.2, 0) is 4.74 Å². The molecule has 1 aromatic rings. The highest BCUT2D eigenvalue weighted by atomic mass is 79.9. The highest BCUT2D eigenvalue weighted by Gasteiger charge is 2.23. The van der Waals surface area contributed by atoms with Crippen LogP contribution >= 0.6 is 15.9 Å². The number of nitrogens with zero attached hydrogens (tertiary/aromatic N) is 2. The van der Waals surface area contributed by atoms with Crippen molar-refractivity contribution in [1.29, 1.82) is 0 Å². The lowest BCUT2D eigenvalue weighted by atomic mass is 9.88. The Kier molecular flexibility index (Phi) is 6.94. The maximum atomic E-state index is 12.5. The van der Waals surface area contributed by atoms with E-state index >= 15 is 0 Å². The standard InChI is InChI=1S/C16H26BrN3O2/c1-10(2)14-18-8-12(17)13(20-14)15(21)19-11(9-22-6)7-16(3,4)5/h8,10-11H,7,9H2,1-6H3,(H,19,21).